The van der Waals surface area contributed by atoms with E-state index in [-0.39, 0.29) is 0 Å². The highest BCUT2D eigenvalue weighted by atomic mass is 35.5. The molecule has 0 N–H and O–H groups in total. The molecule has 86 valence electrons. The second-order valence-electron chi connectivity index (χ2n) is 3.51. The molecule has 0 atom stereocenters. The molecule has 16 heavy (non-hydrogen) atoms. The Labute approximate surface area is 107 Å². The van der Waals surface area contributed by atoms with E-state index in [2.05, 4.69) is 18.1 Å². The van der Waals surface area contributed by atoms with Gasteiger partial charge >= 0.3 is 0 Å². The molecule has 0 bridgehead atoms. The van der Waals surface area contributed by atoms with Gasteiger partial charge in [-0.3, -0.25) is 4.90 Å². The Kier molecular flexibility index (Phi) is 5.61. The van der Waals surface area contributed by atoms with Gasteiger partial charge in [0.1, 0.15) is 0 Å². The van der Waals surface area contributed by atoms with E-state index in [1.54, 1.807) is 6.07 Å². The lowest BCUT2D eigenvalue weighted by atomic mass is 10.2. The molecule has 0 fully saturated rings. The predicted octanol–water partition coefficient (Wildman–Crippen LogP) is 4.17. The van der Waals surface area contributed by atoms with Gasteiger partial charge in [0.2, 0.25) is 0 Å². The SMILES string of the molecule is C=CCN(CC=C)Cc1ccc(Cl)cc1Cl. The number of benzene rings is 1. The first-order valence-electron chi connectivity index (χ1n) is 5.05. The highest BCUT2D eigenvalue weighted by Crippen LogP contribution is 2.22. The summed E-state index contributed by atoms with van der Waals surface area (Å²) in [5.74, 6) is 0. The average Bonchev–Trinajstić information content (AvgIpc) is 2.23. The molecule has 0 aliphatic carbocycles. The molecule has 1 aromatic rings. The summed E-state index contributed by atoms with van der Waals surface area (Å²) in [6.45, 7) is 9.85. The maximum absolute atomic E-state index is 6.11. The van der Waals surface area contributed by atoms with E-state index >= 15 is 0 Å². The lowest BCUT2D eigenvalue weighted by molar-refractivity contribution is 0.328. The maximum Gasteiger partial charge on any atom is 0.0465 e. The van der Waals surface area contributed by atoms with Gasteiger partial charge in [0.25, 0.3) is 0 Å². The second-order valence-corrected chi connectivity index (χ2v) is 4.35. The quantitative estimate of drug-likeness (QED) is 0.690. The average molecular weight is 256 g/mol. The first kappa shape index (κ1) is 13.3. The van der Waals surface area contributed by atoms with Crippen LogP contribution in [-0.2, 0) is 6.54 Å². The van der Waals surface area contributed by atoms with Crippen molar-refractivity contribution in [1.82, 2.24) is 4.90 Å². The van der Waals surface area contributed by atoms with E-state index in [1.165, 1.54) is 0 Å². The van der Waals surface area contributed by atoms with Gasteiger partial charge in [-0.15, -0.1) is 13.2 Å². The van der Waals surface area contributed by atoms with Gasteiger partial charge in [0, 0.05) is 29.7 Å². The van der Waals surface area contributed by atoms with Gasteiger partial charge in [-0.05, 0) is 17.7 Å². The van der Waals surface area contributed by atoms with Gasteiger partial charge in [-0.2, -0.15) is 0 Å². The first-order chi connectivity index (χ1) is 7.67. The fraction of sp³-hybridized carbons (Fsp3) is 0.231. The van der Waals surface area contributed by atoms with Gasteiger partial charge in [-0.25, -0.2) is 0 Å². The third-order valence-corrected chi connectivity index (χ3v) is 2.77. The molecular formula is C13H15Cl2N. The van der Waals surface area contributed by atoms with Crippen LogP contribution < -0.4 is 0 Å². The Morgan fingerprint density at radius 1 is 1.12 bits per heavy atom. The molecule has 0 heterocycles. The highest BCUT2D eigenvalue weighted by molar-refractivity contribution is 6.35. The van der Waals surface area contributed by atoms with Crippen LogP contribution in [0.2, 0.25) is 10.0 Å². The maximum atomic E-state index is 6.11. The van der Waals surface area contributed by atoms with Gasteiger partial charge < -0.3 is 0 Å². The van der Waals surface area contributed by atoms with Crippen LogP contribution >= 0.6 is 23.2 Å². The Morgan fingerprint density at radius 3 is 2.25 bits per heavy atom. The van der Waals surface area contributed by atoms with Crippen LogP contribution in [0.3, 0.4) is 0 Å². The summed E-state index contributed by atoms with van der Waals surface area (Å²) >= 11 is 12.0. The van der Waals surface area contributed by atoms with E-state index in [0.29, 0.717) is 10.0 Å². The monoisotopic (exact) mass is 255 g/mol. The number of hydrogen-bond donors (Lipinski definition) is 0. The summed E-state index contributed by atoms with van der Waals surface area (Å²) < 4.78 is 0. The highest BCUT2D eigenvalue weighted by Gasteiger charge is 2.06. The topological polar surface area (TPSA) is 3.24 Å². The molecule has 0 unspecified atom stereocenters. The van der Waals surface area contributed by atoms with Crippen LogP contribution in [0.5, 0.6) is 0 Å². The summed E-state index contributed by atoms with van der Waals surface area (Å²) in [6, 6.07) is 5.56. The molecule has 3 heteroatoms. The summed E-state index contributed by atoms with van der Waals surface area (Å²) in [6.07, 6.45) is 3.74. The van der Waals surface area contributed by atoms with E-state index < -0.39 is 0 Å². The largest absolute Gasteiger partial charge is 0.292 e. The van der Waals surface area contributed by atoms with Crippen molar-refractivity contribution in [3.8, 4) is 0 Å². The molecule has 0 aromatic heterocycles. The molecule has 0 amide bonds. The smallest absolute Gasteiger partial charge is 0.0465 e. The Hall–Kier alpha value is -0.760. The molecule has 0 aliphatic heterocycles. The minimum absolute atomic E-state index is 0.660. The minimum Gasteiger partial charge on any atom is -0.292 e. The lowest BCUT2D eigenvalue weighted by Gasteiger charge is -2.19. The zero-order chi connectivity index (χ0) is 12.0. The molecule has 0 radical (unpaired) electrons. The third-order valence-electron chi connectivity index (χ3n) is 2.18. The molecule has 0 saturated carbocycles. The van der Waals surface area contributed by atoms with E-state index in [1.807, 2.05) is 24.3 Å². The van der Waals surface area contributed by atoms with Crippen LogP contribution in [0.15, 0.2) is 43.5 Å². The van der Waals surface area contributed by atoms with Crippen molar-refractivity contribution in [3.05, 3.63) is 59.1 Å². The van der Waals surface area contributed by atoms with Crippen molar-refractivity contribution in [2.45, 2.75) is 6.54 Å². The van der Waals surface area contributed by atoms with Crippen molar-refractivity contribution < 1.29 is 0 Å². The second kappa shape index (κ2) is 6.74. The van der Waals surface area contributed by atoms with Gasteiger partial charge in [0.15, 0.2) is 0 Å². The summed E-state index contributed by atoms with van der Waals surface area (Å²) in [5, 5.41) is 1.36. The first-order valence-corrected chi connectivity index (χ1v) is 5.81. The molecule has 1 nitrogen and oxygen atoms in total. The van der Waals surface area contributed by atoms with Crippen LogP contribution in [0.25, 0.3) is 0 Å². The molecule has 1 rings (SSSR count). The van der Waals surface area contributed by atoms with Crippen molar-refractivity contribution in [3.63, 3.8) is 0 Å². The number of nitrogens with zero attached hydrogens (tertiary/aromatic N) is 1. The zero-order valence-electron chi connectivity index (χ0n) is 9.13. The fourth-order valence-electron chi connectivity index (χ4n) is 1.46. The minimum atomic E-state index is 0.660. The summed E-state index contributed by atoms with van der Waals surface area (Å²) in [5.41, 5.74) is 1.06. The summed E-state index contributed by atoms with van der Waals surface area (Å²) in [4.78, 5) is 2.19. The van der Waals surface area contributed by atoms with Crippen molar-refractivity contribution in [1.29, 1.82) is 0 Å². The molecule has 0 aliphatic rings. The van der Waals surface area contributed by atoms with Crippen molar-refractivity contribution in [2.75, 3.05) is 13.1 Å². The Bertz CT molecular complexity index is 364. The Morgan fingerprint density at radius 2 is 1.75 bits per heavy atom. The normalized spacial score (nSPS) is 10.4. The van der Waals surface area contributed by atoms with Crippen molar-refractivity contribution in [2.24, 2.45) is 0 Å². The van der Waals surface area contributed by atoms with Crippen LogP contribution in [-0.4, -0.2) is 18.0 Å². The summed E-state index contributed by atoms with van der Waals surface area (Å²) in [7, 11) is 0. The van der Waals surface area contributed by atoms with E-state index in [9.17, 15) is 0 Å². The van der Waals surface area contributed by atoms with Gasteiger partial charge in [-0.1, -0.05) is 41.4 Å². The molecule has 0 spiro atoms. The van der Waals surface area contributed by atoms with Crippen LogP contribution in [0, 0.1) is 0 Å². The van der Waals surface area contributed by atoms with Crippen LogP contribution in [0.1, 0.15) is 5.56 Å². The number of rotatable bonds is 6. The lowest BCUT2D eigenvalue weighted by Crippen LogP contribution is -2.23. The number of halogens is 2. The zero-order valence-corrected chi connectivity index (χ0v) is 10.6. The fourth-order valence-corrected chi connectivity index (χ4v) is 1.93. The third kappa shape index (κ3) is 4.01. The molecule has 1 aromatic carbocycles. The molecule has 0 saturated heterocycles. The van der Waals surface area contributed by atoms with E-state index in [4.69, 9.17) is 23.2 Å². The number of hydrogen-bond acceptors (Lipinski definition) is 1. The van der Waals surface area contributed by atoms with E-state index in [0.717, 1.165) is 25.2 Å². The van der Waals surface area contributed by atoms with Gasteiger partial charge in [0.05, 0.1) is 0 Å². The van der Waals surface area contributed by atoms with Crippen molar-refractivity contribution >= 4 is 23.2 Å². The standard InChI is InChI=1S/C13H15Cl2N/c1-3-7-16(8-4-2)10-11-5-6-12(14)9-13(11)15/h3-6,9H,1-2,7-8,10H2. The Balaban J connectivity index is 2.75. The predicted molar refractivity (Wildman–Crippen MR) is 72.1 cm³/mol. The van der Waals surface area contributed by atoms with Crippen LogP contribution in [0.4, 0.5) is 0 Å². The molecular weight excluding hydrogens is 241 g/mol.